The van der Waals surface area contributed by atoms with Crippen molar-refractivity contribution in [3.63, 3.8) is 0 Å². The van der Waals surface area contributed by atoms with Crippen LogP contribution in [0, 0.1) is 6.92 Å². The van der Waals surface area contributed by atoms with E-state index in [4.69, 9.17) is 4.74 Å². The molecule has 1 N–H and O–H groups in total. The second kappa shape index (κ2) is 8.60. The Labute approximate surface area is 162 Å². The molecule has 0 atom stereocenters. The first-order chi connectivity index (χ1) is 13.0. The van der Waals surface area contributed by atoms with E-state index in [1.807, 2.05) is 36.6 Å². The van der Waals surface area contributed by atoms with Gasteiger partial charge < -0.3 is 10.1 Å². The minimum atomic E-state index is -0.0917. The Morgan fingerprint density at radius 2 is 1.85 bits per heavy atom. The average molecular weight is 380 g/mol. The molecule has 3 rings (SSSR count). The molecule has 0 saturated heterocycles. The number of anilines is 1. The molecule has 0 aliphatic heterocycles. The molecule has 0 radical (unpaired) electrons. The van der Waals surface area contributed by atoms with Crippen LogP contribution < -0.4 is 10.1 Å². The lowest BCUT2D eigenvalue weighted by atomic mass is 10.1. The van der Waals surface area contributed by atoms with Crippen LogP contribution in [0.5, 0.6) is 5.75 Å². The van der Waals surface area contributed by atoms with E-state index in [2.05, 4.69) is 10.3 Å². The summed E-state index contributed by atoms with van der Waals surface area (Å²) in [6.07, 6.45) is 0.228. The topological polar surface area (TPSA) is 68.3 Å². The van der Waals surface area contributed by atoms with Crippen molar-refractivity contribution < 1.29 is 14.3 Å². The van der Waals surface area contributed by atoms with Gasteiger partial charge in [-0.3, -0.25) is 9.59 Å². The molecule has 3 aromatic rings. The number of aromatic nitrogens is 1. The van der Waals surface area contributed by atoms with Gasteiger partial charge in [-0.25, -0.2) is 4.98 Å². The number of ether oxygens (including phenoxy) is 1. The van der Waals surface area contributed by atoms with Gasteiger partial charge in [-0.1, -0.05) is 18.2 Å². The number of carbonyl (C=O) groups excluding carboxylic acids is 2. The highest BCUT2D eigenvalue weighted by Gasteiger charge is 2.10. The summed E-state index contributed by atoms with van der Waals surface area (Å²) in [4.78, 5) is 27.9. The molecule has 0 saturated carbocycles. The van der Waals surface area contributed by atoms with E-state index in [1.54, 1.807) is 24.3 Å². The van der Waals surface area contributed by atoms with Gasteiger partial charge in [0.1, 0.15) is 17.4 Å². The molecule has 27 heavy (non-hydrogen) atoms. The zero-order chi connectivity index (χ0) is 19.2. The molecular weight excluding hydrogens is 360 g/mol. The summed E-state index contributed by atoms with van der Waals surface area (Å²) < 4.78 is 5.69. The number of hydrogen-bond acceptors (Lipinski definition) is 5. The highest BCUT2D eigenvalue weighted by Crippen LogP contribution is 2.18. The van der Waals surface area contributed by atoms with Crippen molar-refractivity contribution >= 4 is 28.7 Å². The number of nitrogens with zero attached hydrogens (tertiary/aromatic N) is 1. The second-order valence-electron chi connectivity index (χ2n) is 6.14. The van der Waals surface area contributed by atoms with Gasteiger partial charge in [0.05, 0.1) is 12.1 Å². The number of thiazole rings is 1. The van der Waals surface area contributed by atoms with Gasteiger partial charge in [0, 0.05) is 16.6 Å². The van der Waals surface area contributed by atoms with E-state index in [0.717, 1.165) is 22.0 Å². The molecule has 0 spiro atoms. The van der Waals surface area contributed by atoms with Crippen LogP contribution >= 0.6 is 11.3 Å². The minimum Gasteiger partial charge on any atom is -0.487 e. The zero-order valence-electron chi connectivity index (χ0n) is 15.2. The minimum absolute atomic E-state index is 0.0228. The van der Waals surface area contributed by atoms with Crippen molar-refractivity contribution in [1.29, 1.82) is 0 Å². The molecule has 1 amide bonds. The van der Waals surface area contributed by atoms with Crippen LogP contribution in [0.1, 0.15) is 33.5 Å². The summed E-state index contributed by atoms with van der Waals surface area (Å²) in [6, 6.07) is 14.7. The number of Topliss-reactive ketones (excluding diaryl/α,β-unsaturated/α-hetero) is 1. The van der Waals surface area contributed by atoms with Gasteiger partial charge in [-0.05, 0) is 49.7 Å². The predicted molar refractivity (Wildman–Crippen MR) is 106 cm³/mol. The smallest absolute Gasteiger partial charge is 0.231 e. The first-order valence-electron chi connectivity index (χ1n) is 8.54. The van der Waals surface area contributed by atoms with Crippen molar-refractivity contribution in [2.24, 2.45) is 0 Å². The Morgan fingerprint density at radius 3 is 2.56 bits per heavy atom. The van der Waals surface area contributed by atoms with E-state index >= 15 is 0 Å². The van der Waals surface area contributed by atoms with Crippen molar-refractivity contribution in [2.45, 2.75) is 26.9 Å². The number of ketones is 1. The Morgan fingerprint density at radius 1 is 1.11 bits per heavy atom. The Kier molecular flexibility index (Phi) is 5.98. The van der Waals surface area contributed by atoms with Gasteiger partial charge in [0.15, 0.2) is 5.78 Å². The summed E-state index contributed by atoms with van der Waals surface area (Å²) >= 11 is 1.44. The van der Waals surface area contributed by atoms with E-state index in [9.17, 15) is 9.59 Å². The van der Waals surface area contributed by atoms with Crippen LogP contribution in [0.2, 0.25) is 0 Å². The Hall–Kier alpha value is -2.99. The molecule has 0 bridgehead atoms. The number of hydrogen-bond donors (Lipinski definition) is 1. The highest BCUT2D eigenvalue weighted by atomic mass is 32.1. The molecule has 1 aromatic heterocycles. The summed E-state index contributed by atoms with van der Waals surface area (Å²) in [6.45, 7) is 3.80. The Balaban J connectivity index is 1.53. The number of nitrogens with one attached hydrogen (secondary N) is 1. The van der Waals surface area contributed by atoms with Gasteiger partial charge >= 0.3 is 0 Å². The van der Waals surface area contributed by atoms with Crippen molar-refractivity contribution in [3.05, 3.63) is 75.7 Å². The van der Waals surface area contributed by atoms with E-state index in [-0.39, 0.29) is 18.1 Å². The lowest BCUT2D eigenvalue weighted by Crippen LogP contribution is -2.15. The third kappa shape index (κ3) is 5.24. The van der Waals surface area contributed by atoms with Crippen LogP contribution in [0.15, 0.2) is 53.9 Å². The lowest BCUT2D eigenvalue weighted by Gasteiger charge is -2.07. The van der Waals surface area contributed by atoms with Gasteiger partial charge in [-0.15, -0.1) is 11.3 Å². The fourth-order valence-electron chi connectivity index (χ4n) is 2.48. The van der Waals surface area contributed by atoms with Crippen LogP contribution in [-0.4, -0.2) is 16.7 Å². The predicted octanol–water partition coefficient (Wildman–Crippen LogP) is 4.41. The average Bonchev–Trinajstić information content (AvgIpc) is 3.09. The van der Waals surface area contributed by atoms with Crippen LogP contribution in [-0.2, 0) is 17.8 Å². The number of carbonyl (C=O) groups is 2. The standard InChI is InChI=1S/C21H20N2O3S/c1-14-5-3-4-6-19(14)23-20(25)11-21-22-17(13-27-21)12-26-18-9-7-16(8-10-18)15(2)24/h3-10,13H,11-12H2,1-2H3,(H,23,25). The molecule has 5 nitrogen and oxygen atoms in total. The number of aryl methyl sites for hydroxylation is 1. The monoisotopic (exact) mass is 380 g/mol. The third-order valence-corrected chi connectivity index (χ3v) is 4.88. The molecule has 1 heterocycles. The molecule has 2 aromatic carbocycles. The fourth-order valence-corrected chi connectivity index (χ4v) is 3.26. The van der Waals surface area contributed by atoms with Gasteiger partial charge in [-0.2, -0.15) is 0 Å². The van der Waals surface area contributed by atoms with Crippen LogP contribution in [0.3, 0.4) is 0 Å². The fraction of sp³-hybridized carbons (Fsp3) is 0.190. The first kappa shape index (κ1) is 18.8. The molecule has 0 unspecified atom stereocenters. The quantitative estimate of drug-likeness (QED) is 0.616. The molecule has 0 aliphatic carbocycles. The van der Waals surface area contributed by atoms with E-state index in [1.165, 1.54) is 18.3 Å². The van der Waals surface area contributed by atoms with E-state index in [0.29, 0.717) is 17.9 Å². The normalized spacial score (nSPS) is 10.4. The maximum Gasteiger partial charge on any atom is 0.231 e. The van der Waals surface area contributed by atoms with E-state index < -0.39 is 0 Å². The molecule has 138 valence electrons. The highest BCUT2D eigenvalue weighted by molar-refractivity contribution is 7.09. The van der Waals surface area contributed by atoms with Gasteiger partial charge in [0.2, 0.25) is 5.91 Å². The maximum atomic E-state index is 12.2. The number of rotatable bonds is 7. The van der Waals surface area contributed by atoms with Crippen molar-refractivity contribution in [2.75, 3.05) is 5.32 Å². The lowest BCUT2D eigenvalue weighted by molar-refractivity contribution is -0.115. The van der Waals surface area contributed by atoms with Crippen molar-refractivity contribution in [3.8, 4) is 5.75 Å². The van der Waals surface area contributed by atoms with Crippen LogP contribution in [0.4, 0.5) is 5.69 Å². The Bertz CT molecular complexity index is 948. The molecule has 0 aliphatic rings. The van der Waals surface area contributed by atoms with Crippen LogP contribution in [0.25, 0.3) is 0 Å². The second-order valence-corrected chi connectivity index (χ2v) is 7.08. The summed E-state index contributed by atoms with van der Waals surface area (Å²) in [7, 11) is 0. The maximum absolute atomic E-state index is 12.2. The summed E-state index contributed by atoms with van der Waals surface area (Å²) in [5.74, 6) is 0.604. The zero-order valence-corrected chi connectivity index (χ0v) is 16.0. The summed E-state index contributed by atoms with van der Waals surface area (Å²) in [5.41, 5.74) is 3.26. The SMILES string of the molecule is CC(=O)c1ccc(OCc2csc(CC(=O)Nc3ccccc3C)n2)cc1. The molecule has 6 heteroatoms. The molecular formula is C21H20N2O3S. The molecule has 0 fully saturated rings. The van der Waals surface area contributed by atoms with Gasteiger partial charge in [0.25, 0.3) is 0 Å². The van der Waals surface area contributed by atoms with Crippen molar-refractivity contribution in [1.82, 2.24) is 4.98 Å². The third-order valence-electron chi connectivity index (χ3n) is 3.98. The summed E-state index contributed by atoms with van der Waals surface area (Å²) in [5, 5.41) is 5.54. The number of amides is 1. The number of benzene rings is 2. The largest absolute Gasteiger partial charge is 0.487 e. The number of para-hydroxylation sites is 1. The first-order valence-corrected chi connectivity index (χ1v) is 9.42.